The number of hydrogen-bond acceptors (Lipinski definition) is 28. The van der Waals surface area contributed by atoms with Crippen LogP contribution in [0, 0.1) is 18.8 Å². The van der Waals surface area contributed by atoms with Gasteiger partial charge in [-0.05, 0) is 165 Å². The highest BCUT2D eigenvalue weighted by molar-refractivity contribution is 8.00. The summed E-state index contributed by atoms with van der Waals surface area (Å²) in [4.78, 5) is 231. The number of imide groups is 1. The number of aliphatic carboxylic acids is 1. The van der Waals surface area contributed by atoms with Crippen LogP contribution in [-0.2, 0) is 115 Å². The smallest absolute Gasteiger partial charge is 0.481 e. The van der Waals surface area contributed by atoms with Crippen LogP contribution < -0.4 is 80.6 Å². The normalized spacial score (nSPS) is 16.7. The van der Waals surface area contributed by atoms with Gasteiger partial charge in [-0.3, -0.25) is 81.8 Å². The number of carboxylic acids is 1. The van der Waals surface area contributed by atoms with Crippen molar-refractivity contribution in [3.05, 3.63) is 95.8 Å². The molecule has 1 aliphatic heterocycles. The number of likely N-dealkylation sites (tertiary alicyclic amines) is 1. The van der Waals surface area contributed by atoms with E-state index in [2.05, 4.69) is 83.1 Å². The van der Waals surface area contributed by atoms with E-state index in [-0.39, 0.29) is 242 Å². The van der Waals surface area contributed by atoms with Crippen LogP contribution in [-0.4, -0.2) is 276 Å². The minimum atomic E-state index is -3.38. The lowest BCUT2D eigenvalue weighted by Gasteiger charge is -2.38. The van der Waals surface area contributed by atoms with E-state index in [9.17, 15) is 96.1 Å². The number of carbonyl (C=O) groups excluding carboxylic acids is 15. The number of anilines is 2. The largest absolute Gasteiger partial charge is 0.700 e. The number of aryl methyl sites for hydroxylation is 1. The van der Waals surface area contributed by atoms with Crippen molar-refractivity contribution in [3.8, 4) is 0 Å². The van der Waals surface area contributed by atoms with Gasteiger partial charge in [-0.1, -0.05) is 55.7 Å². The van der Waals surface area contributed by atoms with Gasteiger partial charge in [0, 0.05) is 148 Å². The number of thioether (sulfide) groups is 1. The van der Waals surface area contributed by atoms with Crippen LogP contribution in [0.4, 0.5) is 16.2 Å². The number of primary amides is 1. The van der Waals surface area contributed by atoms with Crippen molar-refractivity contribution in [2.24, 2.45) is 23.3 Å². The van der Waals surface area contributed by atoms with Gasteiger partial charge in [-0.2, -0.15) is 0 Å². The van der Waals surface area contributed by atoms with Crippen molar-refractivity contribution < 1.29 is 134 Å². The fourth-order valence-electron chi connectivity index (χ4n) is 14.8. The van der Waals surface area contributed by atoms with Gasteiger partial charge in [0.1, 0.15) is 23.7 Å². The van der Waals surface area contributed by atoms with Gasteiger partial charge in [0.2, 0.25) is 82.7 Å². The summed E-state index contributed by atoms with van der Waals surface area (Å²) >= 11 is 1.10. The molecule has 2 heterocycles. The number of aliphatic hydroxyl groups is 1. The van der Waals surface area contributed by atoms with E-state index >= 15 is 0 Å². The lowest BCUT2D eigenvalue weighted by molar-refractivity contribution is -0.277. The first-order valence-electron chi connectivity index (χ1n) is 45.6. The van der Waals surface area contributed by atoms with Crippen LogP contribution in [0.3, 0.4) is 0 Å². The molecule has 0 spiro atoms. The monoisotopic (exact) mass is 1970 g/mol. The number of hydrogen-bond donors (Lipinski definition) is 19. The van der Waals surface area contributed by atoms with Crippen LogP contribution in [0.25, 0.3) is 6.08 Å². The molecule has 136 heavy (non-hydrogen) atoms. The maximum atomic E-state index is 14.4. The number of carbonyl (C=O) groups is 16. The molecule has 7 atom stereocenters. The van der Waals surface area contributed by atoms with Crippen molar-refractivity contribution in [2.45, 2.75) is 215 Å². The Labute approximate surface area is 794 Å². The van der Waals surface area contributed by atoms with Gasteiger partial charge in [0.15, 0.2) is 0 Å². The second-order valence-corrected chi connectivity index (χ2v) is 35.3. The fourth-order valence-corrected chi connectivity index (χ4v) is 16.7. The molecule has 2 saturated carbocycles. The molecule has 45 nitrogen and oxygen atoms in total. The third-order valence-electron chi connectivity index (χ3n) is 22.1. The van der Waals surface area contributed by atoms with Crippen LogP contribution in [0.1, 0.15) is 177 Å². The van der Waals surface area contributed by atoms with E-state index < -0.39 is 129 Å². The Morgan fingerprint density at radius 2 is 1.14 bits per heavy atom. The zero-order valence-corrected chi connectivity index (χ0v) is 79.1. The maximum absolute atomic E-state index is 14.4. The van der Waals surface area contributed by atoms with E-state index in [0.29, 0.717) is 81.1 Å². The summed E-state index contributed by atoms with van der Waals surface area (Å²) in [6.45, 7) is 4.05. The lowest BCUT2D eigenvalue weighted by Crippen LogP contribution is -2.63. The SMILES string of the molecule is Cc1ccccc1NC(=O)Nc1ccc(CC(=O)N[C@@H](CCCCNC(=O)/C=C/c2cccnc2)C(=O)N[C@@H](CCCC(=O)O)C(=O)NC2(C(=O)NCCOCCOCCNC(=O)CCC(=O)NCCOCCOCCNC(=O)CCC(=O)N[C@@H](CCCCNC(=O)[C@H](N)CSC3CC(=O)N(CC4CCC(C(=O)NCCCC(O)(O[P+](=O)O)O[P+](=O)O)CC4)C3=O)C(N)=O)CCCCC2)cc1. The highest BCUT2D eigenvalue weighted by Crippen LogP contribution is 2.37. The van der Waals surface area contributed by atoms with Crippen LogP contribution in [0.15, 0.2) is 79.1 Å². The molecule has 2 aliphatic carbocycles. The van der Waals surface area contributed by atoms with Gasteiger partial charge in [-0.15, -0.1) is 21.5 Å². The number of amides is 16. The molecule has 16 amide bonds. The van der Waals surface area contributed by atoms with Crippen molar-refractivity contribution in [1.82, 2.24) is 68.4 Å². The minimum absolute atomic E-state index is 0.0125. The number of ether oxygens (including phenoxy) is 4. The zero-order chi connectivity index (χ0) is 99.1. The topological polar surface area (TPSA) is 668 Å². The third-order valence-corrected chi connectivity index (χ3v) is 24.3. The molecule has 3 fully saturated rings. The predicted molar refractivity (Wildman–Crippen MR) is 495 cm³/mol. The first-order chi connectivity index (χ1) is 65.2. The second kappa shape index (κ2) is 63.4. The average Bonchev–Trinajstić information content (AvgIpc) is 1.23. The molecule has 3 aromatic rings. The van der Waals surface area contributed by atoms with Gasteiger partial charge in [0.05, 0.1) is 70.6 Å². The number of rotatable bonds is 67. The molecule has 2 aromatic carbocycles. The Kier molecular flexibility index (Phi) is 53.0. The van der Waals surface area contributed by atoms with Crippen molar-refractivity contribution >= 4 is 140 Å². The van der Waals surface area contributed by atoms with Crippen molar-refractivity contribution in [1.29, 1.82) is 0 Å². The van der Waals surface area contributed by atoms with Crippen molar-refractivity contribution in [3.63, 3.8) is 0 Å². The van der Waals surface area contributed by atoms with Gasteiger partial charge in [0.25, 0.3) is 0 Å². The zero-order valence-electron chi connectivity index (χ0n) is 76.5. The van der Waals surface area contributed by atoms with E-state index in [4.69, 9.17) is 40.2 Å². The molecule has 0 radical (unpaired) electrons. The number of nitrogens with two attached hydrogens (primary N) is 2. The Hall–Kier alpha value is -11.0. The molecule has 21 N–H and O–H groups in total. The van der Waals surface area contributed by atoms with Gasteiger partial charge >= 0.3 is 34.5 Å². The maximum Gasteiger partial charge on any atom is 0.700 e. The number of nitrogens with one attached hydrogen (secondary N) is 13. The summed E-state index contributed by atoms with van der Waals surface area (Å²) in [5.74, 6) is -11.3. The number of carboxylic acid groups (broad SMARTS) is 1. The standard InChI is InChI=1S/C88H129N17O28P2S/c1-59-14-3-4-16-66(59)103-86(122)99-64-28-23-60(24-29-64)54-76(111)101-68(18-6-9-39-92-71(106)30-25-61-15-12-38-91-56-61)82(118)102-69(19-11-20-78(113)114)83(119)104-87(35-7-2-8-36-87)85(121)98-45-49-131-53-52-130-47-43-94-73(108)32-31-72(107)93-42-46-128-50-51-129-48-44-95-74(109)33-34-75(110)100-67(79(90)115)17-5-10-40-97-81(117)65(89)58-136-70-55-77(112)105(84(70)120)57-62-21-26-63(27-22-62)80(116)96-41-13-37-88(123,132-134(124)125)133-135(126)127/h3-4,12,14-16,23-25,28-30,38,56,62-63,65,67-70,123H,2,5-11,13,17-22,26-27,31-37,39-55,57-58,89H2,1H3,(H16-2,90,92,93,94,95,96,97,98,99,100,101,102,103,104,106,107,108,109,110,111,113,114,115,116,117,118,119,121,122,124,125,126,127)/p+2/b30-25+/t62?,63?,65-,67+,68+,69+,70?/m1/s1. The fraction of sp³-hybridized carbons (Fsp3) is 0.602. The molecule has 48 heteroatoms. The minimum Gasteiger partial charge on any atom is -0.481 e. The Morgan fingerprint density at radius 1 is 0.588 bits per heavy atom. The van der Waals surface area contributed by atoms with Gasteiger partial charge < -0.3 is 110 Å². The molecule has 1 aromatic heterocycles. The van der Waals surface area contributed by atoms with Crippen LogP contribution in [0.5, 0.6) is 0 Å². The molecule has 3 aliphatic rings. The first kappa shape index (κ1) is 114. The molecule has 1 saturated heterocycles. The molecular weight excluding hydrogens is 1840 g/mol. The molecular formula is C88H131N17O28P2S+2. The highest BCUT2D eigenvalue weighted by Gasteiger charge is 2.48. The lowest BCUT2D eigenvalue weighted by atomic mass is 9.80. The number of para-hydroxylation sites is 1. The number of aromatic nitrogens is 1. The highest BCUT2D eigenvalue weighted by atomic mass is 32.2. The number of urea groups is 1. The van der Waals surface area contributed by atoms with E-state index in [1.807, 2.05) is 19.1 Å². The Morgan fingerprint density at radius 3 is 1.71 bits per heavy atom. The summed E-state index contributed by atoms with van der Waals surface area (Å²) in [5.41, 5.74) is 13.5. The van der Waals surface area contributed by atoms with E-state index in [1.165, 1.54) is 11.0 Å². The number of pyridine rings is 1. The average molecular weight is 1970 g/mol. The summed E-state index contributed by atoms with van der Waals surface area (Å²) < 4.78 is 52.8. The van der Waals surface area contributed by atoms with Crippen LogP contribution >= 0.6 is 28.3 Å². The number of nitrogens with zero attached hydrogens (tertiary/aromatic N) is 2. The Bertz CT molecular complexity index is 4440. The van der Waals surface area contributed by atoms with Crippen molar-refractivity contribution in [2.75, 3.05) is 122 Å². The van der Waals surface area contributed by atoms with Crippen LogP contribution in [0.2, 0.25) is 0 Å². The number of unbranched alkanes of at least 4 members (excludes halogenated alkanes) is 2. The molecule has 0 bridgehead atoms. The number of benzene rings is 2. The second-order valence-electron chi connectivity index (χ2n) is 32.8. The third kappa shape index (κ3) is 46.2. The van der Waals surface area contributed by atoms with E-state index in [1.54, 1.807) is 67.0 Å². The predicted octanol–water partition coefficient (Wildman–Crippen LogP) is 1.84. The summed E-state index contributed by atoms with van der Waals surface area (Å²) in [5, 5.41) is 54.5. The molecule has 6 rings (SSSR count). The Balaban J connectivity index is 0.759. The quantitative estimate of drug-likeness (QED) is 0.0126. The summed E-state index contributed by atoms with van der Waals surface area (Å²) in [7, 11) is -6.75. The molecule has 3 unspecified atom stereocenters. The summed E-state index contributed by atoms with van der Waals surface area (Å²) in [6.07, 6.45) is 10.6. The van der Waals surface area contributed by atoms with E-state index in [0.717, 1.165) is 29.3 Å². The first-order valence-corrected chi connectivity index (χ1v) is 48.9. The molecule has 750 valence electrons. The van der Waals surface area contributed by atoms with Gasteiger partial charge in [-0.25, -0.2) is 4.79 Å². The summed E-state index contributed by atoms with van der Waals surface area (Å²) in [6, 6.07) is 12.3.